The lowest BCUT2D eigenvalue weighted by Gasteiger charge is -2.15. The van der Waals surface area contributed by atoms with E-state index in [1.54, 1.807) is 11.8 Å². The average molecular weight is 249 g/mol. The number of likely N-dealkylation sites (N-methyl/N-ethyl adjacent to an activating group) is 1. The largest absolute Gasteiger partial charge is 0.384 e. The first-order valence-corrected chi connectivity index (χ1v) is 6.18. The highest BCUT2D eigenvalue weighted by atomic mass is 16.2. The van der Waals surface area contributed by atoms with Gasteiger partial charge in [0.25, 0.3) is 0 Å². The topological polar surface area (TPSA) is 35.6 Å². The summed E-state index contributed by atoms with van der Waals surface area (Å²) < 4.78 is 0. The van der Waals surface area contributed by atoms with E-state index in [4.69, 9.17) is 0 Å². The van der Waals surface area contributed by atoms with Crippen LogP contribution in [-0.4, -0.2) is 49.9 Å². The molecule has 100 valence electrons. The van der Waals surface area contributed by atoms with Crippen molar-refractivity contribution in [3.8, 4) is 0 Å². The number of carbonyl (C=O) groups is 1. The highest BCUT2D eigenvalue weighted by molar-refractivity contribution is 5.72. The van der Waals surface area contributed by atoms with Crippen molar-refractivity contribution in [2.45, 2.75) is 13.5 Å². The Morgan fingerprint density at radius 1 is 1.17 bits per heavy atom. The Morgan fingerprint density at radius 3 is 2.28 bits per heavy atom. The number of amides is 1. The zero-order valence-corrected chi connectivity index (χ0v) is 11.7. The van der Waals surface area contributed by atoms with Gasteiger partial charge in [-0.3, -0.25) is 4.79 Å². The van der Waals surface area contributed by atoms with Crippen LogP contribution in [0.25, 0.3) is 0 Å². The molecule has 1 rings (SSSR count). The molecule has 1 aromatic rings. The number of carbonyl (C=O) groups excluding carboxylic acids is 1. The molecule has 1 amide bonds. The number of benzene rings is 1. The zero-order valence-electron chi connectivity index (χ0n) is 11.7. The molecular formula is C14H23N3O. The Bertz CT molecular complexity index is 373. The van der Waals surface area contributed by atoms with Gasteiger partial charge in [0.2, 0.25) is 5.91 Å². The first kappa shape index (κ1) is 14.5. The summed E-state index contributed by atoms with van der Waals surface area (Å²) >= 11 is 0. The predicted octanol–water partition coefficient (Wildman–Crippen LogP) is 1.64. The van der Waals surface area contributed by atoms with Gasteiger partial charge in [-0.15, -0.1) is 0 Å². The molecule has 0 saturated carbocycles. The van der Waals surface area contributed by atoms with E-state index in [1.165, 1.54) is 0 Å². The molecule has 0 spiro atoms. The lowest BCUT2D eigenvalue weighted by molar-refractivity contribution is -0.128. The SMILES string of the molecule is CC(=O)N(C)Cc1ccc(NCCN(C)C)cc1. The number of anilines is 1. The van der Waals surface area contributed by atoms with E-state index in [0.29, 0.717) is 6.54 Å². The van der Waals surface area contributed by atoms with Crippen molar-refractivity contribution in [1.29, 1.82) is 0 Å². The molecule has 0 fully saturated rings. The normalized spacial score (nSPS) is 10.5. The minimum atomic E-state index is 0.0863. The van der Waals surface area contributed by atoms with Crippen molar-refractivity contribution in [2.75, 3.05) is 39.5 Å². The van der Waals surface area contributed by atoms with Gasteiger partial charge in [0.05, 0.1) is 0 Å². The molecule has 0 aliphatic rings. The van der Waals surface area contributed by atoms with Crippen LogP contribution >= 0.6 is 0 Å². The summed E-state index contributed by atoms with van der Waals surface area (Å²) in [6, 6.07) is 8.22. The summed E-state index contributed by atoms with van der Waals surface area (Å²) in [5, 5.41) is 3.36. The molecule has 0 aliphatic carbocycles. The van der Waals surface area contributed by atoms with E-state index < -0.39 is 0 Å². The molecule has 0 aliphatic heterocycles. The highest BCUT2D eigenvalue weighted by Crippen LogP contribution is 2.10. The van der Waals surface area contributed by atoms with Crippen LogP contribution in [0.4, 0.5) is 5.69 Å². The molecule has 0 saturated heterocycles. The molecule has 0 atom stereocenters. The van der Waals surface area contributed by atoms with Gasteiger partial charge in [-0.25, -0.2) is 0 Å². The van der Waals surface area contributed by atoms with Crippen molar-refractivity contribution in [3.63, 3.8) is 0 Å². The molecule has 0 unspecified atom stereocenters. The molecular weight excluding hydrogens is 226 g/mol. The van der Waals surface area contributed by atoms with Gasteiger partial charge in [-0.1, -0.05) is 12.1 Å². The van der Waals surface area contributed by atoms with E-state index in [9.17, 15) is 4.79 Å². The smallest absolute Gasteiger partial charge is 0.219 e. The standard InChI is InChI=1S/C14H23N3O/c1-12(18)17(4)11-13-5-7-14(8-6-13)15-9-10-16(2)3/h5-8,15H,9-11H2,1-4H3. The van der Waals surface area contributed by atoms with Crippen LogP contribution in [0, 0.1) is 0 Å². The quantitative estimate of drug-likeness (QED) is 0.832. The minimum Gasteiger partial charge on any atom is -0.384 e. The number of hydrogen-bond acceptors (Lipinski definition) is 3. The second-order valence-corrected chi connectivity index (χ2v) is 4.80. The van der Waals surface area contributed by atoms with Crippen LogP contribution in [0.1, 0.15) is 12.5 Å². The monoisotopic (exact) mass is 249 g/mol. The van der Waals surface area contributed by atoms with Gasteiger partial charge in [0, 0.05) is 39.3 Å². The molecule has 0 bridgehead atoms. The molecule has 1 aromatic carbocycles. The van der Waals surface area contributed by atoms with E-state index in [1.807, 2.05) is 7.05 Å². The van der Waals surface area contributed by atoms with Crippen molar-refractivity contribution in [2.24, 2.45) is 0 Å². The fourth-order valence-corrected chi connectivity index (χ4v) is 1.54. The maximum atomic E-state index is 11.1. The van der Waals surface area contributed by atoms with E-state index in [-0.39, 0.29) is 5.91 Å². The number of nitrogens with zero attached hydrogens (tertiary/aromatic N) is 2. The third-order valence-electron chi connectivity index (χ3n) is 2.80. The van der Waals surface area contributed by atoms with Gasteiger partial charge >= 0.3 is 0 Å². The fourth-order valence-electron chi connectivity index (χ4n) is 1.54. The minimum absolute atomic E-state index is 0.0863. The van der Waals surface area contributed by atoms with Gasteiger partial charge in [-0.2, -0.15) is 0 Å². The molecule has 1 N–H and O–H groups in total. The number of nitrogens with one attached hydrogen (secondary N) is 1. The first-order chi connectivity index (χ1) is 8.49. The fraction of sp³-hybridized carbons (Fsp3) is 0.500. The van der Waals surface area contributed by atoms with Crippen LogP contribution in [-0.2, 0) is 11.3 Å². The van der Waals surface area contributed by atoms with Crippen molar-refractivity contribution >= 4 is 11.6 Å². The Labute approximate surface area is 110 Å². The number of rotatable bonds is 6. The maximum Gasteiger partial charge on any atom is 0.219 e. The molecule has 0 radical (unpaired) electrons. The Hall–Kier alpha value is -1.55. The lowest BCUT2D eigenvalue weighted by Crippen LogP contribution is -2.23. The van der Waals surface area contributed by atoms with Crippen LogP contribution in [0.2, 0.25) is 0 Å². The summed E-state index contributed by atoms with van der Waals surface area (Å²) in [5.41, 5.74) is 2.26. The molecule has 0 aromatic heterocycles. The number of hydrogen-bond donors (Lipinski definition) is 1. The third kappa shape index (κ3) is 5.19. The summed E-state index contributed by atoms with van der Waals surface area (Å²) in [5.74, 6) is 0.0863. The van der Waals surface area contributed by atoms with Crippen molar-refractivity contribution < 1.29 is 4.79 Å². The molecule has 18 heavy (non-hydrogen) atoms. The first-order valence-electron chi connectivity index (χ1n) is 6.18. The van der Waals surface area contributed by atoms with E-state index in [0.717, 1.165) is 24.3 Å². The highest BCUT2D eigenvalue weighted by Gasteiger charge is 2.02. The second kappa shape index (κ2) is 7.01. The van der Waals surface area contributed by atoms with E-state index >= 15 is 0 Å². The van der Waals surface area contributed by atoms with Gasteiger partial charge in [-0.05, 0) is 31.8 Å². The second-order valence-electron chi connectivity index (χ2n) is 4.80. The van der Waals surface area contributed by atoms with Crippen LogP contribution in [0.5, 0.6) is 0 Å². The zero-order chi connectivity index (χ0) is 13.5. The van der Waals surface area contributed by atoms with Gasteiger partial charge in [0.15, 0.2) is 0 Å². The van der Waals surface area contributed by atoms with Crippen molar-refractivity contribution in [1.82, 2.24) is 9.80 Å². The Balaban J connectivity index is 2.44. The van der Waals surface area contributed by atoms with Crippen LogP contribution in [0.3, 0.4) is 0 Å². The van der Waals surface area contributed by atoms with Gasteiger partial charge < -0.3 is 15.1 Å². The Kier molecular flexibility index (Phi) is 5.65. The Morgan fingerprint density at radius 2 is 1.78 bits per heavy atom. The van der Waals surface area contributed by atoms with Crippen molar-refractivity contribution in [3.05, 3.63) is 29.8 Å². The maximum absolute atomic E-state index is 11.1. The van der Waals surface area contributed by atoms with Crippen LogP contribution < -0.4 is 5.32 Å². The summed E-state index contributed by atoms with van der Waals surface area (Å²) in [4.78, 5) is 15.0. The van der Waals surface area contributed by atoms with Crippen LogP contribution in [0.15, 0.2) is 24.3 Å². The lowest BCUT2D eigenvalue weighted by atomic mass is 10.2. The van der Waals surface area contributed by atoms with Gasteiger partial charge in [0.1, 0.15) is 0 Å². The molecule has 4 nitrogen and oxygen atoms in total. The third-order valence-corrected chi connectivity index (χ3v) is 2.80. The van der Waals surface area contributed by atoms with E-state index in [2.05, 4.69) is 48.6 Å². The summed E-state index contributed by atoms with van der Waals surface area (Å²) in [6.07, 6.45) is 0. The predicted molar refractivity (Wildman–Crippen MR) is 75.6 cm³/mol. The summed E-state index contributed by atoms with van der Waals surface area (Å²) in [6.45, 7) is 4.18. The molecule has 0 heterocycles. The summed E-state index contributed by atoms with van der Waals surface area (Å²) in [7, 11) is 5.93. The average Bonchev–Trinajstić information content (AvgIpc) is 2.30. The molecule has 4 heteroatoms.